The number of hydrogen-bond donors (Lipinski definition) is 0. The summed E-state index contributed by atoms with van der Waals surface area (Å²) < 4.78 is 12.4. The van der Waals surface area contributed by atoms with Crippen LogP contribution in [-0.2, 0) is 0 Å². The highest BCUT2D eigenvalue weighted by Gasteiger charge is 2.10. The second-order valence-corrected chi connectivity index (χ2v) is 2.07. The van der Waals surface area contributed by atoms with Crippen LogP contribution < -0.4 is 0 Å². The Hall–Kier alpha value is -0.590. The van der Waals surface area contributed by atoms with Crippen molar-refractivity contribution in [2.24, 2.45) is 5.92 Å². The normalized spacial score (nSPS) is 35.8. The van der Waals surface area contributed by atoms with Crippen LogP contribution in [0, 0.1) is 5.92 Å². The molecule has 0 nitrogen and oxygen atoms in total. The number of rotatable bonds is 0. The van der Waals surface area contributed by atoms with Crippen LogP contribution in [0.25, 0.3) is 0 Å². The van der Waals surface area contributed by atoms with E-state index in [1.54, 1.807) is 12.2 Å². The molecule has 0 aromatic rings. The first-order chi connectivity index (χ1) is 3.80. The molecule has 1 aliphatic rings. The van der Waals surface area contributed by atoms with Gasteiger partial charge in [-0.3, -0.25) is 0 Å². The van der Waals surface area contributed by atoms with Crippen LogP contribution in [0.1, 0.15) is 6.92 Å². The minimum absolute atomic E-state index is 0.0694. The van der Waals surface area contributed by atoms with E-state index in [4.69, 9.17) is 0 Å². The highest BCUT2D eigenvalue weighted by molar-refractivity contribution is 5.14. The molecule has 0 aromatic carbocycles. The Morgan fingerprint density at radius 3 is 2.25 bits per heavy atom. The molecule has 0 aromatic heterocycles. The Balaban J connectivity index is 2.59. The molecule has 1 rings (SSSR count). The zero-order valence-electron chi connectivity index (χ0n) is 4.84. The van der Waals surface area contributed by atoms with Crippen molar-refractivity contribution in [3.8, 4) is 0 Å². The van der Waals surface area contributed by atoms with E-state index in [0.29, 0.717) is 0 Å². The molecule has 0 saturated heterocycles. The minimum atomic E-state index is -0.764. The van der Waals surface area contributed by atoms with Crippen LogP contribution in [0.4, 0.5) is 4.39 Å². The van der Waals surface area contributed by atoms with Crippen LogP contribution in [0.15, 0.2) is 24.3 Å². The Labute approximate surface area is 48.7 Å². The first-order valence-corrected chi connectivity index (χ1v) is 2.80. The Bertz CT molecular complexity index is 108. The van der Waals surface area contributed by atoms with Gasteiger partial charge in [0.25, 0.3) is 0 Å². The Morgan fingerprint density at radius 2 is 1.88 bits per heavy atom. The molecule has 44 valence electrons. The van der Waals surface area contributed by atoms with Crippen molar-refractivity contribution in [2.75, 3.05) is 0 Å². The predicted octanol–water partition coefficient (Wildman–Crippen LogP) is 2.09. The summed E-state index contributed by atoms with van der Waals surface area (Å²) >= 11 is 0. The molecule has 8 heavy (non-hydrogen) atoms. The topological polar surface area (TPSA) is 0 Å². The van der Waals surface area contributed by atoms with Crippen molar-refractivity contribution < 1.29 is 4.39 Å². The van der Waals surface area contributed by atoms with E-state index in [1.807, 2.05) is 19.1 Å². The maximum absolute atomic E-state index is 12.4. The summed E-state index contributed by atoms with van der Waals surface area (Å²) in [6.07, 6.45) is 6.29. The van der Waals surface area contributed by atoms with E-state index in [1.165, 1.54) is 0 Å². The molecular formula is C7H9F. The van der Waals surface area contributed by atoms with Crippen molar-refractivity contribution >= 4 is 0 Å². The second kappa shape index (κ2) is 2.12. The first-order valence-electron chi connectivity index (χ1n) is 2.80. The lowest BCUT2D eigenvalue weighted by Crippen LogP contribution is -2.08. The third kappa shape index (κ3) is 0.971. The monoisotopic (exact) mass is 112 g/mol. The van der Waals surface area contributed by atoms with Crippen molar-refractivity contribution in [3.63, 3.8) is 0 Å². The van der Waals surface area contributed by atoms with E-state index in [2.05, 4.69) is 0 Å². The molecule has 1 heteroatoms. The summed E-state index contributed by atoms with van der Waals surface area (Å²) in [5.41, 5.74) is 0. The molecule has 2 atom stereocenters. The maximum atomic E-state index is 12.4. The average molecular weight is 112 g/mol. The van der Waals surface area contributed by atoms with Gasteiger partial charge >= 0.3 is 0 Å². The number of alkyl halides is 1. The molecule has 2 unspecified atom stereocenters. The highest BCUT2D eigenvalue weighted by Crippen LogP contribution is 2.13. The van der Waals surface area contributed by atoms with Gasteiger partial charge in [0.2, 0.25) is 0 Å². The number of halogens is 1. The van der Waals surface area contributed by atoms with E-state index in [-0.39, 0.29) is 5.92 Å². The molecule has 0 fully saturated rings. The third-order valence-electron chi connectivity index (χ3n) is 1.32. The van der Waals surface area contributed by atoms with Crippen molar-refractivity contribution in [1.29, 1.82) is 0 Å². The highest BCUT2D eigenvalue weighted by atomic mass is 19.1. The molecule has 0 aliphatic heterocycles. The largest absolute Gasteiger partial charge is 0.242 e. The summed E-state index contributed by atoms with van der Waals surface area (Å²) in [7, 11) is 0. The van der Waals surface area contributed by atoms with Gasteiger partial charge in [-0.15, -0.1) is 0 Å². The second-order valence-electron chi connectivity index (χ2n) is 2.07. The lowest BCUT2D eigenvalue weighted by Gasteiger charge is -2.09. The molecule has 0 N–H and O–H groups in total. The van der Waals surface area contributed by atoms with Crippen molar-refractivity contribution in [3.05, 3.63) is 24.3 Å². The van der Waals surface area contributed by atoms with Gasteiger partial charge in [0, 0.05) is 5.92 Å². The van der Waals surface area contributed by atoms with Crippen LogP contribution in [0.3, 0.4) is 0 Å². The van der Waals surface area contributed by atoms with Crippen molar-refractivity contribution in [1.82, 2.24) is 0 Å². The molecule has 0 spiro atoms. The van der Waals surface area contributed by atoms with Crippen LogP contribution >= 0.6 is 0 Å². The van der Waals surface area contributed by atoms with Gasteiger partial charge in [-0.1, -0.05) is 31.2 Å². The summed E-state index contributed by atoms with van der Waals surface area (Å²) in [4.78, 5) is 0. The average Bonchev–Trinajstić information content (AvgIpc) is 1.77. The fourth-order valence-electron chi connectivity index (χ4n) is 0.691. The van der Waals surface area contributed by atoms with Gasteiger partial charge in [-0.05, 0) is 0 Å². The van der Waals surface area contributed by atoms with Gasteiger partial charge in [0.1, 0.15) is 6.17 Å². The third-order valence-corrected chi connectivity index (χ3v) is 1.32. The lowest BCUT2D eigenvalue weighted by molar-refractivity contribution is 0.334. The molecule has 0 radical (unpaired) electrons. The van der Waals surface area contributed by atoms with E-state index < -0.39 is 6.17 Å². The summed E-state index contributed by atoms with van der Waals surface area (Å²) in [6.45, 7) is 1.87. The summed E-state index contributed by atoms with van der Waals surface area (Å²) in [5, 5.41) is 0. The smallest absolute Gasteiger partial charge is 0.125 e. The van der Waals surface area contributed by atoms with Crippen molar-refractivity contribution in [2.45, 2.75) is 13.1 Å². The van der Waals surface area contributed by atoms with Gasteiger partial charge in [-0.25, -0.2) is 4.39 Å². The van der Waals surface area contributed by atoms with E-state index in [0.717, 1.165) is 0 Å². The fraction of sp³-hybridized carbons (Fsp3) is 0.429. The number of allylic oxidation sites excluding steroid dienone is 4. The quantitative estimate of drug-likeness (QED) is 0.450. The van der Waals surface area contributed by atoms with Gasteiger partial charge in [-0.2, -0.15) is 0 Å². The molecule has 0 amide bonds. The molecule has 0 saturated carbocycles. The van der Waals surface area contributed by atoms with Gasteiger partial charge < -0.3 is 0 Å². The lowest BCUT2D eigenvalue weighted by atomic mass is 10.0. The number of hydrogen-bond acceptors (Lipinski definition) is 0. The first kappa shape index (κ1) is 5.54. The molecule has 1 aliphatic carbocycles. The van der Waals surface area contributed by atoms with Crippen LogP contribution in [-0.4, -0.2) is 6.17 Å². The minimum Gasteiger partial charge on any atom is -0.242 e. The SMILES string of the molecule is CC1C=CC=CC1F. The fourth-order valence-corrected chi connectivity index (χ4v) is 0.691. The van der Waals surface area contributed by atoms with E-state index in [9.17, 15) is 4.39 Å². The molecule has 0 bridgehead atoms. The van der Waals surface area contributed by atoms with E-state index >= 15 is 0 Å². The Kier molecular flexibility index (Phi) is 1.47. The zero-order valence-corrected chi connectivity index (χ0v) is 4.84. The molecule has 0 heterocycles. The predicted molar refractivity (Wildman–Crippen MR) is 32.3 cm³/mol. The Morgan fingerprint density at radius 1 is 1.25 bits per heavy atom. The van der Waals surface area contributed by atoms with Crippen LogP contribution in [0.2, 0.25) is 0 Å². The molecular weight excluding hydrogens is 103 g/mol. The van der Waals surface area contributed by atoms with Gasteiger partial charge in [0.15, 0.2) is 0 Å². The van der Waals surface area contributed by atoms with Gasteiger partial charge in [0.05, 0.1) is 0 Å². The maximum Gasteiger partial charge on any atom is 0.125 e. The zero-order chi connectivity index (χ0) is 5.98. The standard InChI is InChI=1S/C7H9F/c1-6-4-2-3-5-7(6)8/h2-7H,1H3. The summed E-state index contributed by atoms with van der Waals surface area (Å²) in [5.74, 6) is 0.0694. The summed E-state index contributed by atoms with van der Waals surface area (Å²) in [6, 6.07) is 0. The van der Waals surface area contributed by atoms with Crippen LogP contribution in [0.5, 0.6) is 0 Å².